The van der Waals surface area contributed by atoms with Crippen LogP contribution < -0.4 is 0 Å². The SMILES string of the molecule is c1[nH]cc2c1[C@H]1CC[C@@H]2c2cc3c(cc21)[C@H]1CC[C@@H]3c2c[nH]cc21. The van der Waals surface area contributed by atoms with Crippen molar-refractivity contribution in [3.05, 3.63) is 81.4 Å². The lowest BCUT2D eigenvalue weighted by atomic mass is 9.60. The van der Waals surface area contributed by atoms with Gasteiger partial charge in [-0.15, -0.1) is 0 Å². The van der Waals surface area contributed by atoms with E-state index >= 15 is 0 Å². The van der Waals surface area contributed by atoms with Crippen LogP contribution in [-0.2, 0) is 0 Å². The van der Waals surface area contributed by atoms with Gasteiger partial charge in [-0.3, -0.25) is 0 Å². The van der Waals surface area contributed by atoms with Crippen molar-refractivity contribution in [2.24, 2.45) is 0 Å². The molecule has 2 aromatic heterocycles. The normalized spacial score (nSPS) is 30.7. The molecule has 2 heteroatoms. The van der Waals surface area contributed by atoms with Gasteiger partial charge in [0.25, 0.3) is 0 Å². The van der Waals surface area contributed by atoms with Crippen LogP contribution in [0.1, 0.15) is 93.9 Å². The summed E-state index contributed by atoms with van der Waals surface area (Å²) in [6.07, 6.45) is 14.3. The summed E-state index contributed by atoms with van der Waals surface area (Å²) in [6, 6.07) is 5.23. The maximum Gasteiger partial charge on any atom is 0.0111 e. The number of nitrogens with one attached hydrogen (secondary N) is 2. The summed E-state index contributed by atoms with van der Waals surface area (Å²) < 4.78 is 0. The third-order valence-electron chi connectivity index (χ3n) is 7.40. The molecular formula is C22H20N2. The van der Waals surface area contributed by atoms with Crippen molar-refractivity contribution in [2.75, 3.05) is 0 Å². The van der Waals surface area contributed by atoms with Gasteiger partial charge in [0.1, 0.15) is 0 Å². The highest BCUT2D eigenvalue weighted by molar-refractivity contribution is 5.62. The van der Waals surface area contributed by atoms with Crippen molar-refractivity contribution in [1.29, 1.82) is 0 Å². The molecule has 0 spiro atoms. The molecule has 0 fully saturated rings. The van der Waals surface area contributed by atoms with E-state index in [4.69, 9.17) is 0 Å². The van der Waals surface area contributed by atoms with E-state index in [9.17, 15) is 0 Å². The zero-order chi connectivity index (χ0) is 15.4. The first-order valence-electron chi connectivity index (χ1n) is 9.41. The molecule has 24 heavy (non-hydrogen) atoms. The third-order valence-corrected chi connectivity index (χ3v) is 7.40. The van der Waals surface area contributed by atoms with E-state index in [1.807, 2.05) is 0 Å². The molecule has 118 valence electrons. The van der Waals surface area contributed by atoms with Gasteiger partial charge >= 0.3 is 0 Å². The molecule has 6 aliphatic carbocycles. The molecule has 2 heterocycles. The van der Waals surface area contributed by atoms with Crippen molar-refractivity contribution in [3.8, 4) is 0 Å². The second-order valence-corrected chi connectivity index (χ2v) is 8.21. The van der Waals surface area contributed by atoms with Gasteiger partial charge in [0.2, 0.25) is 0 Å². The van der Waals surface area contributed by atoms with Crippen LogP contribution in [0.5, 0.6) is 0 Å². The lowest BCUT2D eigenvalue weighted by Gasteiger charge is -2.43. The Bertz CT molecular complexity index is 851. The fraction of sp³-hybridized carbons (Fsp3) is 0.364. The fourth-order valence-corrected chi connectivity index (χ4v) is 6.44. The molecule has 3 aromatic rings. The second-order valence-electron chi connectivity index (χ2n) is 8.21. The first kappa shape index (κ1) is 12.2. The second kappa shape index (κ2) is 3.88. The molecule has 0 saturated heterocycles. The Labute approximate surface area is 141 Å². The summed E-state index contributed by atoms with van der Waals surface area (Å²) in [5.41, 5.74) is 12.8. The Hall–Kier alpha value is -2.22. The predicted octanol–water partition coefficient (Wildman–Crippen LogP) is 5.08. The summed E-state index contributed by atoms with van der Waals surface area (Å²) in [7, 11) is 0. The summed E-state index contributed by atoms with van der Waals surface area (Å²) in [5.74, 6) is 2.51. The molecule has 0 amide bonds. The van der Waals surface area contributed by atoms with Gasteiger partial charge in [0.05, 0.1) is 0 Å². The first-order valence-corrected chi connectivity index (χ1v) is 9.41. The smallest absolute Gasteiger partial charge is 0.0111 e. The van der Waals surface area contributed by atoms with Crippen LogP contribution in [0.4, 0.5) is 0 Å². The van der Waals surface area contributed by atoms with E-state index in [0.29, 0.717) is 23.7 Å². The minimum Gasteiger partial charge on any atom is -0.367 e. The molecule has 0 radical (unpaired) electrons. The van der Waals surface area contributed by atoms with Crippen molar-refractivity contribution < 1.29 is 0 Å². The van der Waals surface area contributed by atoms with Gasteiger partial charge in [-0.05, 0) is 70.2 Å². The molecule has 6 aliphatic rings. The van der Waals surface area contributed by atoms with E-state index in [2.05, 4.69) is 46.9 Å². The topological polar surface area (TPSA) is 31.6 Å². The zero-order valence-corrected chi connectivity index (χ0v) is 13.6. The fourth-order valence-electron chi connectivity index (χ4n) is 6.44. The molecular weight excluding hydrogens is 292 g/mol. The van der Waals surface area contributed by atoms with Crippen LogP contribution in [0.2, 0.25) is 0 Å². The number of rotatable bonds is 0. The summed E-state index contributed by atoms with van der Waals surface area (Å²) in [4.78, 5) is 6.76. The minimum absolute atomic E-state index is 0.627. The third kappa shape index (κ3) is 1.21. The maximum absolute atomic E-state index is 3.38. The minimum atomic E-state index is 0.627. The summed E-state index contributed by atoms with van der Waals surface area (Å²) >= 11 is 0. The average molecular weight is 312 g/mol. The average Bonchev–Trinajstić information content (AvgIpc) is 3.31. The lowest BCUT2D eigenvalue weighted by molar-refractivity contribution is 0.499. The quantitative estimate of drug-likeness (QED) is 0.580. The number of aromatic nitrogens is 2. The highest BCUT2D eigenvalue weighted by atomic mass is 14.7. The van der Waals surface area contributed by atoms with E-state index < -0.39 is 0 Å². The Morgan fingerprint density at radius 1 is 0.458 bits per heavy atom. The Morgan fingerprint density at radius 2 is 0.750 bits per heavy atom. The van der Waals surface area contributed by atoms with Gasteiger partial charge in [-0.2, -0.15) is 0 Å². The molecule has 4 bridgehead atoms. The number of aromatic amines is 2. The number of hydrogen-bond acceptors (Lipinski definition) is 0. The molecule has 1 aromatic carbocycles. The largest absolute Gasteiger partial charge is 0.367 e. The van der Waals surface area contributed by atoms with Crippen molar-refractivity contribution >= 4 is 0 Å². The van der Waals surface area contributed by atoms with Gasteiger partial charge in [-0.25, -0.2) is 0 Å². The van der Waals surface area contributed by atoms with Crippen molar-refractivity contribution in [3.63, 3.8) is 0 Å². The van der Waals surface area contributed by atoms with Crippen LogP contribution in [-0.4, -0.2) is 9.97 Å². The van der Waals surface area contributed by atoms with Crippen LogP contribution in [0.3, 0.4) is 0 Å². The van der Waals surface area contributed by atoms with Crippen LogP contribution in [0.15, 0.2) is 36.9 Å². The monoisotopic (exact) mass is 312 g/mol. The molecule has 2 nitrogen and oxygen atoms in total. The maximum atomic E-state index is 3.38. The predicted molar refractivity (Wildman–Crippen MR) is 93.9 cm³/mol. The summed E-state index contributed by atoms with van der Waals surface area (Å²) in [6.45, 7) is 0. The van der Waals surface area contributed by atoms with Crippen LogP contribution in [0, 0.1) is 0 Å². The Balaban J connectivity index is 1.50. The highest BCUT2D eigenvalue weighted by Crippen LogP contribution is 2.58. The molecule has 2 N–H and O–H groups in total. The molecule has 4 atom stereocenters. The van der Waals surface area contributed by atoms with E-state index in [-0.39, 0.29) is 0 Å². The first-order chi connectivity index (χ1) is 11.9. The van der Waals surface area contributed by atoms with Crippen molar-refractivity contribution in [1.82, 2.24) is 9.97 Å². The van der Waals surface area contributed by atoms with E-state index in [1.54, 1.807) is 44.5 Å². The van der Waals surface area contributed by atoms with Crippen LogP contribution >= 0.6 is 0 Å². The standard InChI is InChI=1S/C22H20N2/c1-2-12-16-6-18-14-4-3-13(21-9-24-10-22(14)21)17(18)5-15(16)11(1)19-7-23-8-20(12)19/h5-14,23-24H,1-4H2/t11-,12+,13+,14-. The Kier molecular flexibility index (Phi) is 1.97. The number of benzene rings is 1. The molecule has 0 unspecified atom stereocenters. The van der Waals surface area contributed by atoms with Gasteiger partial charge in [0.15, 0.2) is 0 Å². The number of fused-ring (bicyclic) bond motifs is 2. The van der Waals surface area contributed by atoms with Crippen LogP contribution in [0.25, 0.3) is 0 Å². The van der Waals surface area contributed by atoms with E-state index in [1.165, 1.54) is 25.7 Å². The zero-order valence-electron chi connectivity index (χ0n) is 13.6. The van der Waals surface area contributed by atoms with E-state index in [0.717, 1.165) is 0 Å². The lowest BCUT2D eigenvalue weighted by Crippen LogP contribution is -2.28. The van der Waals surface area contributed by atoms with Gasteiger partial charge in [-0.1, -0.05) is 12.1 Å². The molecule has 9 rings (SSSR count). The van der Waals surface area contributed by atoms with Gasteiger partial charge in [0, 0.05) is 48.5 Å². The van der Waals surface area contributed by atoms with Gasteiger partial charge < -0.3 is 9.97 Å². The molecule has 0 aliphatic heterocycles. The molecule has 0 saturated carbocycles. The highest BCUT2D eigenvalue weighted by Gasteiger charge is 2.43. The number of hydrogen-bond donors (Lipinski definition) is 2. The Morgan fingerprint density at radius 3 is 1.04 bits per heavy atom. The summed E-state index contributed by atoms with van der Waals surface area (Å²) in [5, 5.41) is 0. The van der Waals surface area contributed by atoms with Crippen molar-refractivity contribution in [2.45, 2.75) is 49.4 Å². The number of H-pyrrole nitrogens is 2.